The number of amides is 1. The minimum absolute atomic E-state index is 0.225. The fraction of sp³-hybridized carbons (Fsp3) is 0.765. The lowest BCUT2D eigenvalue weighted by Crippen LogP contribution is -2.52. The van der Waals surface area contributed by atoms with Crippen LogP contribution in [0.1, 0.15) is 53.8 Å². The Labute approximate surface area is 140 Å². The molecule has 0 spiro atoms. The lowest BCUT2D eigenvalue weighted by Gasteiger charge is -2.33. The first-order chi connectivity index (χ1) is 10.5. The highest BCUT2D eigenvalue weighted by atomic mass is 16.6. The van der Waals surface area contributed by atoms with Gasteiger partial charge in [-0.1, -0.05) is 13.8 Å². The lowest BCUT2D eigenvalue weighted by atomic mass is 9.90. The molecule has 1 atom stereocenters. The van der Waals surface area contributed by atoms with Crippen molar-refractivity contribution in [2.45, 2.75) is 65.6 Å². The van der Waals surface area contributed by atoms with Gasteiger partial charge in [-0.25, -0.2) is 9.78 Å². The van der Waals surface area contributed by atoms with E-state index in [4.69, 9.17) is 4.74 Å². The van der Waals surface area contributed by atoms with Crippen molar-refractivity contribution in [2.75, 3.05) is 6.54 Å². The van der Waals surface area contributed by atoms with Crippen molar-refractivity contribution < 1.29 is 9.53 Å². The second-order valence-electron chi connectivity index (χ2n) is 7.82. The number of nitrogens with zero attached hydrogens (tertiary/aromatic N) is 2. The molecule has 2 N–H and O–H groups in total. The first-order valence-corrected chi connectivity index (χ1v) is 8.19. The molecule has 0 aliphatic rings. The normalized spacial score (nSPS) is 14.6. The van der Waals surface area contributed by atoms with Gasteiger partial charge in [0.1, 0.15) is 11.4 Å². The molecule has 1 amide bonds. The number of imidazole rings is 1. The Bertz CT molecular complexity index is 505. The summed E-state index contributed by atoms with van der Waals surface area (Å²) in [7, 11) is 1.97. The van der Waals surface area contributed by atoms with Crippen LogP contribution in [0.4, 0.5) is 4.79 Å². The number of hydrogen-bond acceptors (Lipinski definition) is 4. The minimum atomic E-state index is -0.487. The van der Waals surface area contributed by atoms with E-state index in [9.17, 15) is 4.79 Å². The molecular formula is C17H32N4O2. The van der Waals surface area contributed by atoms with Gasteiger partial charge in [-0.05, 0) is 40.0 Å². The Morgan fingerprint density at radius 3 is 2.48 bits per heavy atom. The van der Waals surface area contributed by atoms with Crippen molar-refractivity contribution in [3.8, 4) is 0 Å². The second kappa shape index (κ2) is 7.81. The topological polar surface area (TPSA) is 68.2 Å². The minimum Gasteiger partial charge on any atom is -0.444 e. The van der Waals surface area contributed by atoms with Crippen molar-refractivity contribution >= 4 is 6.09 Å². The molecule has 6 heteroatoms. The van der Waals surface area contributed by atoms with E-state index < -0.39 is 5.60 Å². The molecule has 0 radical (unpaired) electrons. The highest BCUT2D eigenvalue weighted by Gasteiger charge is 2.27. The van der Waals surface area contributed by atoms with E-state index in [1.165, 1.54) is 0 Å². The van der Waals surface area contributed by atoms with Gasteiger partial charge in [-0.2, -0.15) is 0 Å². The smallest absolute Gasteiger partial charge is 0.407 e. The van der Waals surface area contributed by atoms with Crippen LogP contribution >= 0.6 is 0 Å². The number of ether oxygens (including phenoxy) is 1. The summed E-state index contributed by atoms with van der Waals surface area (Å²) in [5.74, 6) is 1.48. The summed E-state index contributed by atoms with van der Waals surface area (Å²) in [4.78, 5) is 16.2. The number of carbonyl (C=O) groups is 1. The van der Waals surface area contributed by atoms with Gasteiger partial charge in [0.15, 0.2) is 0 Å². The number of alkyl carbamates (subject to hydrolysis) is 1. The van der Waals surface area contributed by atoms with Crippen molar-refractivity contribution in [1.29, 1.82) is 0 Å². The summed E-state index contributed by atoms with van der Waals surface area (Å²) >= 11 is 0. The number of aryl methyl sites for hydroxylation is 1. The molecule has 1 aromatic heterocycles. The summed E-state index contributed by atoms with van der Waals surface area (Å²) in [6, 6.07) is 0. The van der Waals surface area contributed by atoms with Crippen LogP contribution < -0.4 is 10.6 Å². The van der Waals surface area contributed by atoms with Crippen LogP contribution in [0.2, 0.25) is 0 Å². The first kappa shape index (κ1) is 19.5. The number of carbonyl (C=O) groups excluding carboxylic acids is 1. The fourth-order valence-electron chi connectivity index (χ4n) is 2.55. The van der Waals surface area contributed by atoms with E-state index in [1.54, 1.807) is 6.20 Å². The molecule has 1 heterocycles. The average molecular weight is 324 g/mol. The van der Waals surface area contributed by atoms with Crippen molar-refractivity contribution in [3.05, 3.63) is 18.2 Å². The van der Waals surface area contributed by atoms with Gasteiger partial charge in [0.05, 0.1) is 6.54 Å². The quantitative estimate of drug-likeness (QED) is 0.809. The number of aromatic nitrogens is 2. The largest absolute Gasteiger partial charge is 0.444 e. The van der Waals surface area contributed by atoms with Gasteiger partial charge < -0.3 is 19.9 Å². The third kappa shape index (κ3) is 7.50. The number of hydrogen-bond donors (Lipinski definition) is 2. The average Bonchev–Trinajstić information content (AvgIpc) is 2.77. The summed E-state index contributed by atoms with van der Waals surface area (Å²) in [6.07, 6.45) is 4.27. The predicted octanol–water partition coefficient (Wildman–Crippen LogP) is 2.84. The Morgan fingerprint density at radius 1 is 1.35 bits per heavy atom. The second-order valence-corrected chi connectivity index (χ2v) is 7.82. The SMILES string of the molecule is CC(C)C[C@](C)(CNC(=O)OC(C)(C)C)NCc1nccn1C. The molecule has 0 aliphatic heterocycles. The highest BCUT2D eigenvalue weighted by Crippen LogP contribution is 2.17. The van der Waals surface area contributed by atoms with E-state index in [2.05, 4.69) is 36.4 Å². The standard InChI is InChI=1S/C17H32N4O2/c1-13(2)10-17(6,12-19-15(22)23-16(3,4)5)20-11-14-18-8-9-21(14)7/h8-9,13,20H,10-12H2,1-7H3,(H,19,22)/t17-/m1/s1. The molecule has 0 aliphatic carbocycles. The molecule has 132 valence electrons. The zero-order valence-corrected chi connectivity index (χ0v) is 15.6. The zero-order chi connectivity index (χ0) is 17.7. The Balaban J connectivity index is 2.62. The van der Waals surface area contributed by atoms with Crippen LogP contribution in [0.5, 0.6) is 0 Å². The maximum Gasteiger partial charge on any atom is 0.407 e. The first-order valence-electron chi connectivity index (χ1n) is 8.19. The molecule has 0 unspecified atom stereocenters. The van der Waals surface area contributed by atoms with E-state index >= 15 is 0 Å². The van der Waals surface area contributed by atoms with E-state index in [1.807, 2.05) is 38.6 Å². The van der Waals surface area contributed by atoms with Crippen LogP contribution in [-0.2, 0) is 18.3 Å². The van der Waals surface area contributed by atoms with Crippen LogP contribution in [0.15, 0.2) is 12.4 Å². The Hall–Kier alpha value is -1.56. The molecule has 0 saturated heterocycles. The monoisotopic (exact) mass is 324 g/mol. The summed E-state index contributed by atoms with van der Waals surface area (Å²) < 4.78 is 7.30. The van der Waals surface area contributed by atoms with Crippen LogP contribution in [0.25, 0.3) is 0 Å². The molecule has 0 aromatic carbocycles. The van der Waals surface area contributed by atoms with Crippen molar-refractivity contribution in [3.63, 3.8) is 0 Å². The molecule has 23 heavy (non-hydrogen) atoms. The lowest BCUT2D eigenvalue weighted by molar-refractivity contribution is 0.0507. The zero-order valence-electron chi connectivity index (χ0n) is 15.6. The van der Waals surface area contributed by atoms with Crippen LogP contribution in [-0.4, -0.2) is 33.3 Å². The van der Waals surface area contributed by atoms with Crippen LogP contribution in [0.3, 0.4) is 0 Å². The van der Waals surface area contributed by atoms with Gasteiger partial charge >= 0.3 is 6.09 Å². The maximum atomic E-state index is 11.9. The molecule has 0 saturated carbocycles. The molecule has 0 bridgehead atoms. The van der Waals surface area contributed by atoms with E-state index in [0.717, 1.165) is 12.2 Å². The van der Waals surface area contributed by atoms with Crippen molar-refractivity contribution in [1.82, 2.24) is 20.2 Å². The maximum absolute atomic E-state index is 11.9. The molecule has 6 nitrogen and oxygen atoms in total. The summed E-state index contributed by atoms with van der Waals surface area (Å²) in [6.45, 7) is 13.2. The van der Waals surface area contributed by atoms with Gasteiger partial charge in [0.2, 0.25) is 0 Å². The van der Waals surface area contributed by atoms with E-state index in [0.29, 0.717) is 19.0 Å². The predicted molar refractivity (Wildman–Crippen MR) is 92.1 cm³/mol. The van der Waals surface area contributed by atoms with Crippen molar-refractivity contribution in [2.24, 2.45) is 13.0 Å². The van der Waals surface area contributed by atoms with Crippen LogP contribution in [0, 0.1) is 5.92 Å². The van der Waals surface area contributed by atoms with E-state index in [-0.39, 0.29) is 11.6 Å². The fourth-order valence-corrected chi connectivity index (χ4v) is 2.55. The summed E-state index contributed by atoms with van der Waals surface area (Å²) in [5.41, 5.74) is -0.712. The molecule has 0 fully saturated rings. The van der Waals surface area contributed by atoms with Gasteiger partial charge in [0, 0.05) is 31.5 Å². The highest BCUT2D eigenvalue weighted by molar-refractivity contribution is 5.67. The van der Waals surface area contributed by atoms with Gasteiger partial charge in [0.25, 0.3) is 0 Å². The Morgan fingerprint density at radius 2 is 2.00 bits per heavy atom. The summed E-state index contributed by atoms with van der Waals surface area (Å²) in [5, 5.41) is 6.41. The third-order valence-electron chi connectivity index (χ3n) is 3.47. The Kier molecular flexibility index (Phi) is 6.62. The van der Waals surface area contributed by atoms with Gasteiger partial charge in [-0.3, -0.25) is 0 Å². The molecular weight excluding hydrogens is 292 g/mol. The molecule has 1 rings (SSSR count). The molecule has 1 aromatic rings. The third-order valence-corrected chi connectivity index (χ3v) is 3.47. The number of nitrogens with one attached hydrogen (secondary N) is 2. The van der Waals surface area contributed by atoms with Gasteiger partial charge in [-0.15, -0.1) is 0 Å². The number of rotatable bonds is 7.